The number of aryl methyl sites for hydroxylation is 4. The highest BCUT2D eigenvalue weighted by Gasteiger charge is 2.14. The smallest absolute Gasteiger partial charge is 0.289 e. The molecule has 0 radical (unpaired) electrons. The Labute approximate surface area is 104 Å². The molecule has 0 unspecified atom stereocenters. The van der Waals surface area contributed by atoms with Crippen LogP contribution in [0.1, 0.15) is 33.8 Å². The van der Waals surface area contributed by atoms with Crippen LogP contribution in [0.5, 0.6) is 0 Å². The molecule has 0 saturated heterocycles. The van der Waals surface area contributed by atoms with Crippen LogP contribution >= 0.6 is 0 Å². The highest BCUT2D eigenvalue weighted by atomic mass is 16.4. The van der Waals surface area contributed by atoms with Crippen molar-refractivity contribution in [2.75, 3.05) is 0 Å². The molecule has 2 heterocycles. The third-order valence-electron chi connectivity index (χ3n) is 2.55. The van der Waals surface area contributed by atoms with Crippen molar-refractivity contribution in [2.24, 2.45) is 7.05 Å². The lowest BCUT2D eigenvalue weighted by molar-refractivity contribution is 0.0932. The zero-order valence-corrected chi connectivity index (χ0v) is 10.8. The number of nitrogens with zero attached hydrogens (tertiary/aromatic N) is 4. The first-order valence-electron chi connectivity index (χ1n) is 5.56. The largest absolute Gasteiger partial charge is 0.444 e. The molecule has 0 aliphatic carbocycles. The maximum atomic E-state index is 11.8. The zero-order chi connectivity index (χ0) is 13.3. The molecule has 2 aromatic heterocycles. The van der Waals surface area contributed by atoms with Crippen molar-refractivity contribution in [3.63, 3.8) is 0 Å². The van der Waals surface area contributed by atoms with E-state index in [0.29, 0.717) is 11.7 Å². The van der Waals surface area contributed by atoms with Crippen LogP contribution in [-0.2, 0) is 13.6 Å². The number of hydrogen-bond acceptors (Lipinski definition) is 5. The Morgan fingerprint density at radius 1 is 1.33 bits per heavy atom. The van der Waals surface area contributed by atoms with Crippen LogP contribution in [0.25, 0.3) is 0 Å². The van der Waals surface area contributed by atoms with Gasteiger partial charge in [0.25, 0.3) is 5.91 Å². The number of carbonyl (C=O) groups is 1. The minimum Gasteiger partial charge on any atom is -0.444 e. The summed E-state index contributed by atoms with van der Waals surface area (Å²) < 4.78 is 6.81. The van der Waals surface area contributed by atoms with Gasteiger partial charge < -0.3 is 9.73 Å². The maximum absolute atomic E-state index is 11.8. The fraction of sp³-hybridized carbons (Fsp3) is 0.455. The Hall–Kier alpha value is -2.18. The molecule has 0 spiro atoms. The fourth-order valence-electron chi connectivity index (χ4n) is 1.56. The molecule has 0 aromatic carbocycles. The monoisotopic (exact) mass is 249 g/mol. The van der Waals surface area contributed by atoms with Crippen LogP contribution in [0, 0.1) is 20.8 Å². The highest BCUT2D eigenvalue weighted by molar-refractivity contribution is 5.90. The summed E-state index contributed by atoms with van der Waals surface area (Å²) in [7, 11) is 1.67. The van der Waals surface area contributed by atoms with Gasteiger partial charge in [0.05, 0.1) is 12.2 Å². The van der Waals surface area contributed by atoms with E-state index in [4.69, 9.17) is 4.42 Å². The molecule has 0 bridgehead atoms. The summed E-state index contributed by atoms with van der Waals surface area (Å²) in [5.74, 6) is 1.77. The summed E-state index contributed by atoms with van der Waals surface area (Å²) in [4.78, 5) is 20.1. The van der Waals surface area contributed by atoms with E-state index in [1.54, 1.807) is 14.0 Å². The van der Waals surface area contributed by atoms with E-state index in [0.717, 1.165) is 11.5 Å². The van der Waals surface area contributed by atoms with Crippen molar-refractivity contribution in [3.8, 4) is 0 Å². The molecule has 0 saturated carbocycles. The predicted molar refractivity (Wildman–Crippen MR) is 62.9 cm³/mol. The van der Waals surface area contributed by atoms with E-state index in [1.165, 1.54) is 4.68 Å². The van der Waals surface area contributed by atoms with E-state index < -0.39 is 0 Å². The molecular weight excluding hydrogens is 234 g/mol. The summed E-state index contributed by atoms with van der Waals surface area (Å²) in [5.41, 5.74) is 0.828. The van der Waals surface area contributed by atoms with Crippen LogP contribution in [-0.4, -0.2) is 25.7 Å². The van der Waals surface area contributed by atoms with Gasteiger partial charge in [0.15, 0.2) is 0 Å². The van der Waals surface area contributed by atoms with Crippen LogP contribution in [0.4, 0.5) is 0 Å². The highest BCUT2D eigenvalue weighted by Crippen LogP contribution is 2.07. The Morgan fingerprint density at radius 3 is 2.56 bits per heavy atom. The van der Waals surface area contributed by atoms with Gasteiger partial charge in [-0.05, 0) is 20.8 Å². The van der Waals surface area contributed by atoms with Crippen molar-refractivity contribution in [1.82, 2.24) is 25.1 Å². The Morgan fingerprint density at radius 2 is 2.06 bits per heavy atom. The van der Waals surface area contributed by atoms with E-state index in [2.05, 4.69) is 20.4 Å². The van der Waals surface area contributed by atoms with Gasteiger partial charge in [-0.3, -0.25) is 4.79 Å². The van der Waals surface area contributed by atoms with Gasteiger partial charge in [0, 0.05) is 7.05 Å². The quantitative estimate of drug-likeness (QED) is 0.863. The molecular formula is C11H15N5O2. The van der Waals surface area contributed by atoms with Crippen molar-refractivity contribution in [1.29, 1.82) is 0 Å². The second-order valence-electron chi connectivity index (χ2n) is 4.04. The Bertz CT molecular complexity index is 565. The normalized spacial score (nSPS) is 10.7. The van der Waals surface area contributed by atoms with Gasteiger partial charge in [0.1, 0.15) is 11.6 Å². The first-order chi connectivity index (χ1) is 8.47. The van der Waals surface area contributed by atoms with Gasteiger partial charge >= 0.3 is 0 Å². The Balaban J connectivity index is 2.02. The van der Waals surface area contributed by atoms with Gasteiger partial charge in [-0.2, -0.15) is 5.10 Å². The van der Waals surface area contributed by atoms with Crippen molar-refractivity contribution < 1.29 is 9.21 Å². The standard InChI is InChI=1S/C11H15N5O2/c1-6-7(2)18-9(13-6)5-12-11(17)10-14-8(3)15-16(10)4/h5H2,1-4H3,(H,12,17). The maximum Gasteiger partial charge on any atom is 0.289 e. The molecule has 7 heteroatoms. The molecule has 2 aromatic rings. The van der Waals surface area contributed by atoms with Gasteiger partial charge in [0.2, 0.25) is 11.7 Å². The molecule has 1 amide bonds. The molecule has 0 aliphatic heterocycles. The summed E-state index contributed by atoms with van der Waals surface area (Å²) >= 11 is 0. The molecule has 0 aliphatic rings. The summed E-state index contributed by atoms with van der Waals surface area (Å²) in [6, 6.07) is 0. The second-order valence-corrected chi connectivity index (χ2v) is 4.04. The molecule has 7 nitrogen and oxygen atoms in total. The SMILES string of the molecule is Cc1nc(C(=O)NCc2nc(C)c(C)o2)n(C)n1. The molecule has 18 heavy (non-hydrogen) atoms. The van der Waals surface area contributed by atoms with Crippen molar-refractivity contribution >= 4 is 5.91 Å². The second kappa shape index (κ2) is 4.59. The summed E-state index contributed by atoms with van der Waals surface area (Å²) in [6.07, 6.45) is 0. The average molecular weight is 249 g/mol. The minimum atomic E-state index is -0.299. The predicted octanol–water partition coefficient (Wildman–Crippen LogP) is 0.658. The number of aromatic nitrogens is 4. The minimum absolute atomic E-state index is 0.236. The van der Waals surface area contributed by atoms with Crippen LogP contribution in [0.15, 0.2) is 4.42 Å². The molecule has 2 rings (SSSR count). The number of carbonyl (C=O) groups excluding carboxylic acids is 1. The van der Waals surface area contributed by atoms with Crippen molar-refractivity contribution in [2.45, 2.75) is 27.3 Å². The van der Waals surface area contributed by atoms with Crippen LogP contribution in [0.2, 0.25) is 0 Å². The van der Waals surface area contributed by atoms with E-state index in [-0.39, 0.29) is 18.3 Å². The van der Waals surface area contributed by atoms with E-state index in [1.807, 2.05) is 13.8 Å². The molecule has 0 fully saturated rings. The molecule has 0 atom stereocenters. The third-order valence-corrected chi connectivity index (χ3v) is 2.55. The van der Waals surface area contributed by atoms with Gasteiger partial charge in [-0.15, -0.1) is 0 Å². The van der Waals surface area contributed by atoms with Gasteiger partial charge in [-0.25, -0.2) is 14.6 Å². The number of amides is 1. The van der Waals surface area contributed by atoms with Gasteiger partial charge in [-0.1, -0.05) is 0 Å². The lowest BCUT2D eigenvalue weighted by atomic mass is 10.4. The zero-order valence-electron chi connectivity index (χ0n) is 10.8. The topological polar surface area (TPSA) is 85.8 Å². The van der Waals surface area contributed by atoms with E-state index >= 15 is 0 Å². The lowest BCUT2D eigenvalue weighted by Crippen LogP contribution is -2.26. The van der Waals surface area contributed by atoms with Crippen molar-refractivity contribution in [3.05, 3.63) is 29.0 Å². The third kappa shape index (κ3) is 2.39. The molecule has 1 N–H and O–H groups in total. The first-order valence-corrected chi connectivity index (χ1v) is 5.56. The number of nitrogens with one attached hydrogen (secondary N) is 1. The van der Waals surface area contributed by atoms with E-state index in [9.17, 15) is 4.79 Å². The first kappa shape index (κ1) is 12.3. The summed E-state index contributed by atoms with van der Waals surface area (Å²) in [6.45, 7) is 5.66. The molecule has 96 valence electrons. The number of hydrogen-bond donors (Lipinski definition) is 1. The summed E-state index contributed by atoms with van der Waals surface area (Å²) in [5, 5.41) is 6.70. The lowest BCUT2D eigenvalue weighted by Gasteiger charge is -2.00. The average Bonchev–Trinajstić information content (AvgIpc) is 2.79. The van der Waals surface area contributed by atoms with Crippen LogP contribution in [0.3, 0.4) is 0 Å². The van der Waals surface area contributed by atoms with Crippen LogP contribution < -0.4 is 5.32 Å². The number of oxazole rings is 1. The number of rotatable bonds is 3. The fourth-order valence-corrected chi connectivity index (χ4v) is 1.56. The Kier molecular flexibility index (Phi) is 3.14.